The first kappa shape index (κ1) is 12.6. The van der Waals surface area contributed by atoms with Crippen LogP contribution in [0.1, 0.15) is 17.5 Å². The number of fused-ring (bicyclic) bond motifs is 1. The molecule has 0 amide bonds. The Morgan fingerprint density at radius 2 is 2.06 bits per heavy atom. The van der Waals surface area contributed by atoms with Gasteiger partial charge in [-0.15, -0.1) is 0 Å². The van der Waals surface area contributed by atoms with Gasteiger partial charge < -0.3 is 10.8 Å². The van der Waals surface area contributed by atoms with E-state index in [4.69, 9.17) is 10.8 Å². The molecule has 0 aliphatic heterocycles. The Labute approximate surface area is 106 Å². The van der Waals surface area contributed by atoms with Crippen LogP contribution in [0.15, 0.2) is 36.4 Å². The van der Waals surface area contributed by atoms with Crippen molar-refractivity contribution in [1.29, 1.82) is 0 Å². The van der Waals surface area contributed by atoms with Gasteiger partial charge in [-0.25, -0.2) is 0 Å². The van der Waals surface area contributed by atoms with Crippen LogP contribution in [0.3, 0.4) is 0 Å². The normalized spacial score (nSPS) is 12.6. The molecule has 3 heteroatoms. The Bertz CT molecular complexity index is 578. The summed E-state index contributed by atoms with van der Waals surface area (Å²) in [6.45, 7) is 2.06. The summed E-state index contributed by atoms with van der Waals surface area (Å²) in [5.41, 5.74) is 8.12. The van der Waals surface area contributed by atoms with Gasteiger partial charge in [0.05, 0.1) is 6.42 Å². The fourth-order valence-electron chi connectivity index (χ4n) is 2.30. The second-order valence-corrected chi connectivity index (χ2v) is 4.70. The van der Waals surface area contributed by atoms with Gasteiger partial charge in [0.25, 0.3) is 0 Å². The Kier molecular flexibility index (Phi) is 3.63. The van der Waals surface area contributed by atoms with Crippen molar-refractivity contribution in [2.24, 2.45) is 5.73 Å². The van der Waals surface area contributed by atoms with E-state index in [-0.39, 0.29) is 12.5 Å². The highest BCUT2D eigenvalue weighted by atomic mass is 16.4. The first-order chi connectivity index (χ1) is 8.56. The molecule has 0 aliphatic rings. The number of hydrogen-bond donors (Lipinski definition) is 2. The van der Waals surface area contributed by atoms with Crippen molar-refractivity contribution in [2.45, 2.75) is 25.8 Å². The summed E-state index contributed by atoms with van der Waals surface area (Å²) in [5, 5.41) is 11.1. The molecule has 0 spiro atoms. The highest BCUT2D eigenvalue weighted by Crippen LogP contribution is 2.21. The Hall–Kier alpha value is -1.87. The van der Waals surface area contributed by atoms with E-state index in [0.717, 1.165) is 5.56 Å². The lowest BCUT2D eigenvalue weighted by Crippen LogP contribution is -2.26. The van der Waals surface area contributed by atoms with E-state index in [9.17, 15) is 4.79 Å². The van der Waals surface area contributed by atoms with Gasteiger partial charge in [0.15, 0.2) is 0 Å². The number of aliphatic carboxylic acids is 1. The largest absolute Gasteiger partial charge is 0.481 e. The van der Waals surface area contributed by atoms with Crippen molar-refractivity contribution in [1.82, 2.24) is 0 Å². The molecule has 2 rings (SSSR count). The zero-order valence-corrected chi connectivity index (χ0v) is 10.4. The van der Waals surface area contributed by atoms with Crippen LogP contribution in [0.5, 0.6) is 0 Å². The average molecular weight is 243 g/mol. The number of nitrogens with two attached hydrogens (primary N) is 1. The van der Waals surface area contributed by atoms with Crippen LogP contribution in [0.4, 0.5) is 0 Å². The molecule has 0 radical (unpaired) electrons. The molecule has 3 N–H and O–H groups in total. The molecule has 94 valence electrons. The fourth-order valence-corrected chi connectivity index (χ4v) is 2.30. The predicted molar refractivity (Wildman–Crippen MR) is 72.6 cm³/mol. The van der Waals surface area contributed by atoms with Crippen LogP contribution in [0.2, 0.25) is 0 Å². The van der Waals surface area contributed by atoms with Crippen LogP contribution < -0.4 is 5.73 Å². The number of carboxylic acids is 1. The lowest BCUT2D eigenvalue weighted by molar-refractivity contribution is -0.137. The number of carbonyl (C=O) groups is 1. The summed E-state index contributed by atoms with van der Waals surface area (Å²) in [7, 11) is 0. The number of benzene rings is 2. The molecule has 18 heavy (non-hydrogen) atoms. The summed E-state index contributed by atoms with van der Waals surface area (Å²) in [6.07, 6.45) is 0.601. The van der Waals surface area contributed by atoms with Crippen molar-refractivity contribution in [3.8, 4) is 0 Å². The molecule has 0 saturated heterocycles. The maximum Gasteiger partial charge on any atom is 0.304 e. The first-order valence-corrected chi connectivity index (χ1v) is 6.02. The molecule has 1 atom stereocenters. The minimum absolute atomic E-state index is 0.00583. The van der Waals surface area contributed by atoms with Gasteiger partial charge in [-0.2, -0.15) is 0 Å². The van der Waals surface area contributed by atoms with Crippen molar-refractivity contribution in [2.75, 3.05) is 0 Å². The van der Waals surface area contributed by atoms with E-state index in [1.165, 1.54) is 16.3 Å². The Balaban J connectivity index is 2.27. The van der Waals surface area contributed by atoms with Crippen LogP contribution in [0, 0.1) is 6.92 Å². The summed E-state index contributed by atoms with van der Waals surface area (Å²) in [4.78, 5) is 10.6. The molecule has 0 bridgehead atoms. The zero-order valence-electron chi connectivity index (χ0n) is 10.4. The van der Waals surface area contributed by atoms with Crippen LogP contribution >= 0.6 is 0 Å². The third-order valence-corrected chi connectivity index (χ3v) is 3.06. The molecule has 0 aromatic heterocycles. The predicted octanol–water partition coefficient (Wildman–Crippen LogP) is 2.49. The molecule has 3 nitrogen and oxygen atoms in total. The first-order valence-electron chi connectivity index (χ1n) is 6.02. The Morgan fingerprint density at radius 1 is 1.33 bits per heavy atom. The van der Waals surface area contributed by atoms with Crippen molar-refractivity contribution < 1.29 is 9.90 Å². The standard InChI is InChI=1S/C15H17NO2/c1-10-6-11(8-13(16)9-15(17)18)7-12-4-2-3-5-14(10)12/h2-7,13H,8-9,16H2,1H3,(H,17,18). The zero-order chi connectivity index (χ0) is 13.1. The SMILES string of the molecule is Cc1cc(CC(N)CC(=O)O)cc2ccccc12. The van der Waals surface area contributed by atoms with Crippen molar-refractivity contribution in [3.63, 3.8) is 0 Å². The highest BCUT2D eigenvalue weighted by Gasteiger charge is 2.10. The van der Waals surface area contributed by atoms with Crippen LogP contribution in [-0.4, -0.2) is 17.1 Å². The smallest absolute Gasteiger partial charge is 0.304 e. The van der Waals surface area contributed by atoms with E-state index in [1.54, 1.807) is 0 Å². The molecular weight excluding hydrogens is 226 g/mol. The van der Waals surface area contributed by atoms with E-state index in [0.29, 0.717) is 6.42 Å². The van der Waals surface area contributed by atoms with E-state index < -0.39 is 5.97 Å². The van der Waals surface area contributed by atoms with Gasteiger partial charge in [-0.3, -0.25) is 4.79 Å². The van der Waals surface area contributed by atoms with Gasteiger partial charge in [0, 0.05) is 6.04 Å². The van der Waals surface area contributed by atoms with E-state index in [1.807, 2.05) is 12.1 Å². The van der Waals surface area contributed by atoms with Gasteiger partial charge in [-0.05, 0) is 35.2 Å². The second kappa shape index (κ2) is 5.19. The van der Waals surface area contributed by atoms with Gasteiger partial charge in [0.2, 0.25) is 0 Å². The van der Waals surface area contributed by atoms with Crippen molar-refractivity contribution >= 4 is 16.7 Å². The summed E-state index contributed by atoms with van der Waals surface area (Å²) in [6, 6.07) is 12.0. The lowest BCUT2D eigenvalue weighted by atomic mass is 9.97. The fraction of sp³-hybridized carbons (Fsp3) is 0.267. The van der Waals surface area contributed by atoms with E-state index >= 15 is 0 Å². The molecular formula is C15H17NO2. The topological polar surface area (TPSA) is 63.3 Å². The second-order valence-electron chi connectivity index (χ2n) is 4.70. The maximum absolute atomic E-state index is 10.6. The van der Waals surface area contributed by atoms with Gasteiger partial charge >= 0.3 is 5.97 Å². The molecule has 0 heterocycles. The van der Waals surface area contributed by atoms with E-state index in [2.05, 4.69) is 31.2 Å². The number of rotatable bonds is 4. The maximum atomic E-state index is 10.6. The van der Waals surface area contributed by atoms with Gasteiger partial charge in [-0.1, -0.05) is 36.4 Å². The minimum Gasteiger partial charge on any atom is -0.481 e. The van der Waals surface area contributed by atoms with Gasteiger partial charge in [0.1, 0.15) is 0 Å². The molecule has 2 aromatic carbocycles. The van der Waals surface area contributed by atoms with Crippen molar-refractivity contribution in [3.05, 3.63) is 47.5 Å². The molecule has 0 aliphatic carbocycles. The summed E-state index contributed by atoms with van der Waals surface area (Å²) >= 11 is 0. The number of hydrogen-bond acceptors (Lipinski definition) is 2. The number of aryl methyl sites for hydroxylation is 1. The molecule has 1 unspecified atom stereocenters. The molecule has 2 aromatic rings. The third-order valence-electron chi connectivity index (χ3n) is 3.06. The molecule has 0 saturated carbocycles. The average Bonchev–Trinajstić information content (AvgIpc) is 2.27. The van der Waals surface area contributed by atoms with Crippen LogP contribution in [-0.2, 0) is 11.2 Å². The number of carboxylic acid groups (broad SMARTS) is 1. The third kappa shape index (κ3) is 2.87. The summed E-state index contributed by atoms with van der Waals surface area (Å²) in [5.74, 6) is -0.847. The lowest BCUT2D eigenvalue weighted by Gasteiger charge is -2.11. The quantitative estimate of drug-likeness (QED) is 0.867. The van der Waals surface area contributed by atoms with Crippen LogP contribution in [0.25, 0.3) is 10.8 Å². The highest BCUT2D eigenvalue weighted by molar-refractivity contribution is 5.86. The summed E-state index contributed by atoms with van der Waals surface area (Å²) < 4.78 is 0. The molecule has 0 fully saturated rings. The Morgan fingerprint density at radius 3 is 2.78 bits per heavy atom. The monoisotopic (exact) mass is 243 g/mol. The minimum atomic E-state index is -0.847.